The number of benzene rings is 2. The highest BCUT2D eigenvalue weighted by atomic mass is 16.5. The molecule has 0 atom stereocenters. The Labute approximate surface area is 158 Å². The van der Waals surface area contributed by atoms with Crippen molar-refractivity contribution in [3.05, 3.63) is 70.9 Å². The van der Waals surface area contributed by atoms with Crippen LogP contribution in [-0.4, -0.2) is 30.0 Å². The maximum absolute atomic E-state index is 12.2. The van der Waals surface area contributed by atoms with E-state index in [2.05, 4.69) is 28.5 Å². The van der Waals surface area contributed by atoms with Crippen LogP contribution < -0.4 is 5.32 Å². The number of hydrogen-bond acceptors (Lipinski definition) is 3. The maximum atomic E-state index is 12.2. The van der Waals surface area contributed by atoms with Crippen molar-refractivity contribution in [3.63, 3.8) is 0 Å². The Kier molecular flexibility index (Phi) is 5.91. The first-order valence-corrected chi connectivity index (χ1v) is 9.10. The average Bonchev–Trinajstić information content (AvgIpc) is 3.08. The number of carbonyl (C=O) groups is 2. The van der Waals surface area contributed by atoms with Gasteiger partial charge in [0.25, 0.3) is 5.91 Å². The Bertz CT molecular complexity index is 945. The van der Waals surface area contributed by atoms with Gasteiger partial charge in [0.2, 0.25) is 0 Å². The first kappa shape index (κ1) is 18.7. The number of carbonyl (C=O) groups excluding carboxylic acids is 2. The summed E-state index contributed by atoms with van der Waals surface area (Å²) in [5.74, 6) is -0.817. The lowest BCUT2D eigenvalue weighted by molar-refractivity contribution is -0.124. The normalized spacial score (nSPS) is 10.7. The fraction of sp³-hybridized carbons (Fsp3) is 0.273. The lowest BCUT2D eigenvalue weighted by Crippen LogP contribution is -2.29. The molecule has 0 unspecified atom stereocenters. The zero-order chi connectivity index (χ0) is 19.2. The van der Waals surface area contributed by atoms with Crippen molar-refractivity contribution in [3.8, 4) is 0 Å². The molecule has 0 aliphatic heterocycles. The van der Waals surface area contributed by atoms with Crippen LogP contribution in [0, 0.1) is 13.8 Å². The number of esters is 1. The highest BCUT2D eigenvalue weighted by Gasteiger charge is 2.14. The highest BCUT2D eigenvalue weighted by Crippen LogP contribution is 2.21. The second-order valence-corrected chi connectivity index (χ2v) is 6.74. The van der Waals surface area contributed by atoms with Gasteiger partial charge >= 0.3 is 5.97 Å². The van der Waals surface area contributed by atoms with Crippen molar-refractivity contribution in [1.29, 1.82) is 0 Å². The van der Waals surface area contributed by atoms with Crippen LogP contribution in [0.1, 0.15) is 33.6 Å². The van der Waals surface area contributed by atoms with Gasteiger partial charge in [-0.3, -0.25) is 4.79 Å². The van der Waals surface area contributed by atoms with E-state index in [4.69, 9.17) is 4.74 Å². The molecule has 27 heavy (non-hydrogen) atoms. The molecule has 0 saturated carbocycles. The molecule has 0 spiro atoms. The van der Waals surface area contributed by atoms with E-state index in [1.54, 1.807) is 6.07 Å². The van der Waals surface area contributed by atoms with E-state index in [0.29, 0.717) is 12.2 Å². The van der Waals surface area contributed by atoms with Crippen LogP contribution in [0.15, 0.2) is 48.5 Å². The second-order valence-electron chi connectivity index (χ2n) is 6.74. The number of H-pyrrole nitrogens is 1. The van der Waals surface area contributed by atoms with Crippen LogP contribution in [-0.2, 0) is 16.0 Å². The minimum absolute atomic E-state index is 0.280. The smallest absolute Gasteiger partial charge is 0.355 e. The summed E-state index contributed by atoms with van der Waals surface area (Å²) in [5, 5.41) is 3.76. The van der Waals surface area contributed by atoms with Crippen molar-refractivity contribution in [2.45, 2.75) is 26.7 Å². The van der Waals surface area contributed by atoms with Gasteiger partial charge in [0.05, 0.1) is 0 Å². The van der Waals surface area contributed by atoms with Gasteiger partial charge < -0.3 is 15.0 Å². The van der Waals surface area contributed by atoms with Crippen LogP contribution >= 0.6 is 0 Å². The van der Waals surface area contributed by atoms with E-state index in [1.807, 2.05) is 38.1 Å². The summed E-state index contributed by atoms with van der Waals surface area (Å²) in [7, 11) is 0. The molecule has 2 aromatic carbocycles. The zero-order valence-corrected chi connectivity index (χ0v) is 15.7. The van der Waals surface area contributed by atoms with Crippen molar-refractivity contribution in [2.75, 3.05) is 13.2 Å². The number of hydrogen-bond donors (Lipinski definition) is 2. The Morgan fingerprint density at radius 3 is 2.63 bits per heavy atom. The molecule has 5 nitrogen and oxygen atoms in total. The van der Waals surface area contributed by atoms with Crippen LogP contribution in [0.4, 0.5) is 0 Å². The summed E-state index contributed by atoms with van der Waals surface area (Å²) in [6.45, 7) is 4.28. The monoisotopic (exact) mass is 364 g/mol. The fourth-order valence-corrected chi connectivity index (χ4v) is 3.13. The van der Waals surface area contributed by atoms with Crippen molar-refractivity contribution < 1.29 is 14.3 Å². The summed E-state index contributed by atoms with van der Waals surface area (Å²) in [6, 6.07) is 15.9. The second kappa shape index (κ2) is 8.54. The molecule has 0 saturated heterocycles. The third-order valence-corrected chi connectivity index (χ3v) is 4.45. The summed E-state index contributed by atoms with van der Waals surface area (Å²) in [5.41, 5.74) is 4.70. The molecule has 3 rings (SSSR count). The first-order chi connectivity index (χ1) is 13.0. The molecule has 5 heteroatoms. The molecule has 0 aliphatic carbocycles. The quantitative estimate of drug-likeness (QED) is 0.496. The molecule has 2 N–H and O–H groups in total. The average molecular weight is 364 g/mol. The van der Waals surface area contributed by atoms with Crippen molar-refractivity contribution >= 4 is 22.8 Å². The standard InChI is InChI=1S/C22H24N2O3/c1-15-11-16(2)18-13-20(24-19(18)12-15)22(26)27-14-21(25)23-10-6-9-17-7-4-3-5-8-17/h3-5,7-8,11-13,24H,6,9-10,14H2,1-2H3,(H,23,25). The number of nitrogens with one attached hydrogen (secondary N) is 2. The van der Waals surface area contributed by atoms with E-state index in [0.717, 1.165) is 34.9 Å². The van der Waals surface area contributed by atoms with E-state index < -0.39 is 5.97 Å². The van der Waals surface area contributed by atoms with Crippen LogP contribution in [0.25, 0.3) is 10.9 Å². The summed E-state index contributed by atoms with van der Waals surface area (Å²) >= 11 is 0. The molecule has 0 bridgehead atoms. The van der Waals surface area contributed by atoms with Gasteiger partial charge in [0.1, 0.15) is 5.69 Å². The highest BCUT2D eigenvalue weighted by molar-refractivity contribution is 5.96. The molecule has 3 aromatic rings. The summed E-state index contributed by atoms with van der Waals surface area (Å²) < 4.78 is 5.12. The number of amides is 1. The Morgan fingerprint density at radius 1 is 1.07 bits per heavy atom. The number of aromatic amines is 1. The van der Waals surface area contributed by atoms with Crippen LogP contribution in [0.2, 0.25) is 0 Å². The Hall–Kier alpha value is -3.08. The minimum Gasteiger partial charge on any atom is -0.451 e. The lowest BCUT2D eigenvalue weighted by Gasteiger charge is -2.06. The van der Waals surface area contributed by atoms with Gasteiger partial charge in [-0.05, 0) is 55.5 Å². The number of ether oxygens (including phenoxy) is 1. The fourth-order valence-electron chi connectivity index (χ4n) is 3.13. The molecule has 1 aromatic heterocycles. The number of rotatable bonds is 7. The molecule has 0 aliphatic rings. The minimum atomic E-state index is -0.525. The van der Waals surface area contributed by atoms with E-state index in [1.165, 1.54) is 5.56 Å². The molecular formula is C22H24N2O3. The summed E-state index contributed by atoms with van der Waals surface area (Å²) in [4.78, 5) is 27.1. The lowest BCUT2D eigenvalue weighted by atomic mass is 10.1. The SMILES string of the molecule is Cc1cc(C)c2cc(C(=O)OCC(=O)NCCCc3ccccc3)[nH]c2c1. The predicted octanol–water partition coefficient (Wildman–Crippen LogP) is 3.69. The van der Waals surface area contributed by atoms with Crippen LogP contribution in [0.5, 0.6) is 0 Å². The largest absolute Gasteiger partial charge is 0.451 e. The Morgan fingerprint density at radius 2 is 1.85 bits per heavy atom. The van der Waals surface area contributed by atoms with Gasteiger partial charge in [-0.15, -0.1) is 0 Å². The zero-order valence-electron chi connectivity index (χ0n) is 15.7. The van der Waals surface area contributed by atoms with E-state index >= 15 is 0 Å². The van der Waals surface area contributed by atoms with E-state index in [9.17, 15) is 9.59 Å². The molecule has 1 heterocycles. The molecular weight excluding hydrogens is 340 g/mol. The number of aromatic nitrogens is 1. The van der Waals surface area contributed by atoms with Crippen LogP contribution in [0.3, 0.4) is 0 Å². The molecule has 0 fully saturated rings. The molecule has 1 amide bonds. The molecule has 0 radical (unpaired) electrons. The topological polar surface area (TPSA) is 71.2 Å². The van der Waals surface area contributed by atoms with Gasteiger partial charge in [-0.2, -0.15) is 0 Å². The van der Waals surface area contributed by atoms with Gasteiger partial charge in [0, 0.05) is 17.4 Å². The summed E-state index contributed by atoms with van der Waals surface area (Å²) in [6.07, 6.45) is 1.74. The van der Waals surface area contributed by atoms with Gasteiger partial charge in [0.15, 0.2) is 6.61 Å². The number of aryl methyl sites for hydroxylation is 3. The van der Waals surface area contributed by atoms with Gasteiger partial charge in [-0.1, -0.05) is 36.4 Å². The van der Waals surface area contributed by atoms with E-state index in [-0.39, 0.29) is 12.5 Å². The first-order valence-electron chi connectivity index (χ1n) is 9.10. The predicted molar refractivity (Wildman–Crippen MR) is 106 cm³/mol. The van der Waals surface area contributed by atoms with Crippen molar-refractivity contribution in [2.24, 2.45) is 0 Å². The third-order valence-electron chi connectivity index (χ3n) is 4.45. The number of fused-ring (bicyclic) bond motifs is 1. The molecule has 140 valence electrons. The van der Waals surface area contributed by atoms with Crippen molar-refractivity contribution in [1.82, 2.24) is 10.3 Å². The third kappa shape index (κ3) is 4.97. The van der Waals surface area contributed by atoms with Gasteiger partial charge in [-0.25, -0.2) is 4.79 Å². The Balaban J connectivity index is 1.44. The maximum Gasteiger partial charge on any atom is 0.355 e.